The van der Waals surface area contributed by atoms with E-state index < -0.39 is 0 Å². The minimum atomic E-state index is 0.0626. The summed E-state index contributed by atoms with van der Waals surface area (Å²) in [5.74, 6) is 1.43. The highest BCUT2D eigenvalue weighted by atomic mass is 16.2. The van der Waals surface area contributed by atoms with E-state index in [4.69, 9.17) is 0 Å². The molecule has 2 amide bonds. The third-order valence-corrected chi connectivity index (χ3v) is 4.45. The van der Waals surface area contributed by atoms with Gasteiger partial charge in [-0.05, 0) is 37.5 Å². The quantitative estimate of drug-likeness (QED) is 0.711. The Morgan fingerprint density at radius 1 is 1.00 bits per heavy atom. The van der Waals surface area contributed by atoms with Crippen LogP contribution in [-0.4, -0.2) is 36.3 Å². The zero-order valence-electron chi connectivity index (χ0n) is 14.9. The molecule has 4 nitrogen and oxygen atoms in total. The standard InChI is InChI=1S/C18H34N2O2/c1-14(2)9-11-20(12-10-15(3)4)17(21)13-19-18(22)16-7-5-6-8-16/h14-16H,5-13H2,1-4H3,(H,19,22). The fraction of sp³-hybridized carbons (Fsp3) is 0.889. The van der Waals surface area contributed by atoms with E-state index in [2.05, 4.69) is 33.0 Å². The van der Waals surface area contributed by atoms with Crippen molar-refractivity contribution < 1.29 is 9.59 Å². The molecule has 0 spiro atoms. The Hall–Kier alpha value is -1.06. The van der Waals surface area contributed by atoms with Crippen molar-refractivity contribution in [3.05, 3.63) is 0 Å². The first-order valence-electron chi connectivity index (χ1n) is 8.95. The molecule has 1 aliphatic carbocycles. The molecule has 0 aromatic rings. The van der Waals surface area contributed by atoms with Gasteiger partial charge in [0, 0.05) is 19.0 Å². The molecule has 0 unspecified atom stereocenters. The van der Waals surface area contributed by atoms with Crippen molar-refractivity contribution in [2.24, 2.45) is 17.8 Å². The summed E-state index contributed by atoms with van der Waals surface area (Å²) in [7, 11) is 0. The molecule has 0 aliphatic heterocycles. The molecule has 0 aromatic heterocycles. The van der Waals surface area contributed by atoms with Crippen molar-refractivity contribution in [2.75, 3.05) is 19.6 Å². The van der Waals surface area contributed by atoms with Gasteiger partial charge in [-0.25, -0.2) is 0 Å². The average Bonchev–Trinajstić information content (AvgIpc) is 2.98. The molecule has 1 saturated carbocycles. The molecule has 0 saturated heterocycles. The van der Waals surface area contributed by atoms with Crippen LogP contribution >= 0.6 is 0 Å². The number of carbonyl (C=O) groups is 2. The van der Waals surface area contributed by atoms with Gasteiger partial charge in [0.05, 0.1) is 6.54 Å². The first-order valence-corrected chi connectivity index (χ1v) is 8.95. The molecule has 1 rings (SSSR count). The maximum atomic E-state index is 12.4. The highest BCUT2D eigenvalue weighted by Crippen LogP contribution is 2.24. The van der Waals surface area contributed by atoms with Gasteiger partial charge >= 0.3 is 0 Å². The second-order valence-corrected chi connectivity index (χ2v) is 7.45. The molecule has 0 atom stereocenters. The fourth-order valence-electron chi connectivity index (χ4n) is 2.80. The van der Waals surface area contributed by atoms with Crippen molar-refractivity contribution in [1.29, 1.82) is 0 Å². The lowest BCUT2D eigenvalue weighted by Gasteiger charge is -2.25. The van der Waals surface area contributed by atoms with Crippen LogP contribution in [0.15, 0.2) is 0 Å². The number of rotatable bonds is 9. The minimum absolute atomic E-state index is 0.0626. The van der Waals surface area contributed by atoms with Crippen molar-refractivity contribution in [3.8, 4) is 0 Å². The second kappa shape index (κ2) is 9.86. The smallest absolute Gasteiger partial charge is 0.241 e. The molecule has 22 heavy (non-hydrogen) atoms. The van der Waals surface area contributed by atoms with Gasteiger partial charge in [0.2, 0.25) is 11.8 Å². The Kier molecular flexibility index (Phi) is 8.51. The summed E-state index contributed by atoms with van der Waals surface area (Å²) in [6, 6.07) is 0. The summed E-state index contributed by atoms with van der Waals surface area (Å²) in [5, 5.41) is 2.85. The highest BCUT2D eigenvalue weighted by molar-refractivity contribution is 5.85. The number of nitrogens with one attached hydrogen (secondary N) is 1. The number of amides is 2. The minimum Gasteiger partial charge on any atom is -0.347 e. The zero-order chi connectivity index (χ0) is 16.5. The maximum absolute atomic E-state index is 12.4. The summed E-state index contributed by atoms with van der Waals surface area (Å²) in [5.41, 5.74) is 0. The first kappa shape index (κ1) is 19.0. The lowest BCUT2D eigenvalue weighted by atomic mass is 10.1. The Balaban J connectivity index is 2.41. The topological polar surface area (TPSA) is 49.4 Å². The number of nitrogens with zero attached hydrogens (tertiary/aromatic N) is 1. The van der Waals surface area contributed by atoms with Crippen LogP contribution in [0.2, 0.25) is 0 Å². The predicted octanol–water partition coefficient (Wildman–Crippen LogP) is 3.21. The Labute approximate surface area is 136 Å². The number of carbonyl (C=O) groups excluding carboxylic acids is 2. The number of hydrogen-bond acceptors (Lipinski definition) is 2. The molecule has 0 heterocycles. The Bertz CT molecular complexity index is 335. The molecular weight excluding hydrogens is 276 g/mol. The van der Waals surface area contributed by atoms with Crippen LogP contribution in [0.5, 0.6) is 0 Å². The molecule has 128 valence electrons. The van der Waals surface area contributed by atoms with Crippen LogP contribution in [-0.2, 0) is 9.59 Å². The second-order valence-electron chi connectivity index (χ2n) is 7.45. The Morgan fingerprint density at radius 3 is 1.95 bits per heavy atom. The van der Waals surface area contributed by atoms with Crippen molar-refractivity contribution in [1.82, 2.24) is 10.2 Å². The monoisotopic (exact) mass is 310 g/mol. The fourth-order valence-corrected chi connectivity index (χ4v) is 2.80. The maximum Gasteiger partial charge on any atom is 0.241 e. The third-order valence-electron chi connectivity index (χ3n) is 4.45. The SMILES string of the molecule is CC(C)CCN(CCC(C)C)C(=O)CNC(=O)C1CCCC1. The summed E-state index contributed by atoms with van der Waals surface area (Å²) < 4.78 is 0. The predicted molar refractivity (Wildman–Crippen MR) is 90.5 cm³/mol. The molecule has 4 heteroatoms. The summed E-state index contributed by atoms with van der Waals surface area (Å²) in [6.45, 7) is 10.4. The number of hydrogen-bond donors (Lipinski definition) is 1. The average molecular weight is 310 g/mol. The molecule has 0 aromatic carbocycles. The van der Waals surface area contributed by atoms with E-state index in [-0.39, 0.29) is 24.3 Å². The third kappa shape index (κ3) is 7.28. The molecule has 1 N–H and O–H groups in total. The normalized spacial score (nSPS) is 15.5. The van der Waals surface area contributed by atoms with Crippen molar-refractivity contribution in [3.63, 3.8) is 0 Å². The Morgan fingerprint density at radius 2 is 1.50 bits per heavy atom. The van der Waals surface area contributed by atoms with E-state index in [0.29, 0.717) is 11.8 Å². The van der Waals surface area contributed by atoms with E-state index in [1.165, 1.54) is 0 Å². The van der Waals surface area contributed by atoms with Crippen LogP contribution in [0, 0.1) is 17.8 Å². The molecule has 1 fully saturated rings. The first-order chi connectivity index (χ1) is 10.4. The van der Waals surface area contributed by atoms with Gasteiger partial charge in [-0.2, -0.15) is 0 Å². The van der Waals surface area contributed by atoms with Crippen LogP contribution < -0.4 is 5.32 Å². The summed E-state index contributed by atoms with van der Waals surface area (Å²) in [4.78, 5) is 26.3. The van der Waals surface area contributed by atoms with Crippen molar-refractivity contribution in [2.45, 2.75) is 66.2 Å². The van der Waals surface area contributed by atoms with Crippen molar-refractivity contribution >= 4 is 11.8 Å². The van der Waals surface area contributed by atoms with Gasteiger partial charge < -0.3 is 10.2 Å². The summed E-state index contributed by atoms with van der Waals surface area (Å²) >= 11 is 0. The molecular formula is C18H34N2O2. The van der Waals surface area contributed by atoms with Crippen LogP contribution in [0.25, 0.3) is 0 Å². The van der Waals surface area contributed by atoms with Crippen LogP contribution in [0.4, 0.5) is 0 Å². The van der Waals surface area contributed by atoms with Gasteiger partial charge in [-0.15, -0.1) is 0 Å². The van der Waals surface area contributed by atoms with E-state index in [9.17, 15) is 9.59 Å². The van der Waals surface area contributed by atoms with Crippen LogP contribution in [0.1, 0.15) is 66.2 Å². The lowest BCUT2D eigenvalue weighted by molar-refractivity contribution is -0.134. The van der Waals surface area contributed by atoms with Gasteiger partial charge in [0.25, 0.3) is 0 Å². The van der Waals surface area contributed by atoms with Crippen LogP contribution in [0.3, 0.4) is 0 Å². The molecule has 1 aliphatic rings. The molecule has 0 radical (unpaired) electrons. The van der Waals surface area contributed by atoms with E-state index in [0.717, 1.165) is 51.6 Å². The van der Waals surface area contributed by atoms with Gasteiger partial charge in [0.1, 0.15) is 0 Å². The van der Waals surface area contributed by atoms with E-state index in [1.54, 1.807) is 0 Å². The highest BCUT2D eigenvalue weighted by Gasteiger charge is 2.23. The van der Waals surface area contributed by atoms with Gasteiger partial charge in [0.15, 0.2) is 0 Å². The van der Waals surface area contributed by atoms with E-state index in [1.807, 2.05) is 4.90 Å². The van der Waals surface area contributed by atoms with Gasteiger partial charge in [-0.1, -0.05) is 40.5 Å². The van der Waals surface area contributed by atoms with Gasteiger partial charge in [-0.3, -0.25) is 9.59 Å². The van der Waals surface area contributed by atoms with E-state index >= 15 is 0 Å². The summed E-state index contributed by atoms with van der Waals surface area (Å²) in [6.07, 6.45) is 6.26. The zero-order valence-corrected chi connectivity index (χ0v) is 14.9. The largest absolute Gasteiger partial charge is 0.347 e. The molecule has 0 bridgehead atoms. The lowest BCUT2D eigenvalue weighted by Crippen LogP contribution is -2.43.